The van der Waals surface area contributed by atoms with Crippen LogP contribution >= 0.6 is 11.8 Å². The number of nitrogens with zero attached hydrogens (tertiary/aromatic N) is 1. The van der Waals surface area contributed by atoms with E-state index in [9.17, 15) is 9.59 Å². The number of hydrogen-bond donors (Lipinski definition) is 1. The first-order valence-corrected chi connectivity index (χ1v) is 8.52. The maximum absolute atomic E-state index is 12.3. The average Bonchev–Trinajstić information content (AvgIpc) is 2.94. The molecular formula is C18H18N2O4S. The summed E-state index contributed by atoms with van der Waals surface area (Å²) in [5, 5.41) is 6.36. The SMILES string of the molecule is C#CCNC(=O)COC(=O)c1ccccc1SCc1c(C)noc1C. The second kappa shape index (κ2) is 8.94. The summed E-state index contributed by atoms with van der Waals surface area (Å²) in [6.07, 6.45) is 5.05. The number of aryl methyl sites for hydroxylation is 2. The number of rotatable bonds is 7. The lowest BCUT2D eigenvalue weighted by atomic mass is 10.2. The van der Waals surface area contributed by atoms with Crippen LogP contribution in [0.1, 0.15) is 27.4 Å². The minimum absolute atomic E-state index is 0.0975. The lowest BCUT2D eigenvalue weighted by Gasteiger charge is -2.09. The molecule has 0 atom stereocenters. The number of thioether (sulfide) groups is 1. The van der Waals surface area contributed by atoms with Gasteiger partial charge in [-0.3, -0.25) is 4.79 Å². The van der Waals surface area contributed by atoms with Crippen molar-refractivity contribution in [1.29, 1.82) is 0 Å². The van der Waals surface area contributed by atoms with Crippen LogP contribution in [0.2, 0.25) is 0 Å². The molecule has 25 heavy (non-hydrogen) atoms. The van der Waals surface area contributed by atoms with Crippen LogP contribution in [0, 0.1) is 26.2 Å². The monoisotopic (exact) mass is 358 g/mol. The van der Waals surface area contributed by atoms with E-state index in [0.29, 0.717) is 11.3 Å². The number of esters is 1. The molecule has 1 amide bonds. The van der Waals surface area contributed by atoms with Gasteiger partial charge in [-0.25, -0.2) is 4.79 Å². The number of ether oxygens (including phenoxy) is 1. The number of carbonyl (C=O) groups excluding carboxylic acids is 2. The molecule has 0 radical (unpaired) electrons. The predicted octanol–water partition coefficient (Wildman–Crippen LogP) is 2.49. The third-order valence-corrected chi connectivity index (χ3v) is 4.48. The maximum atomic E-state index is 12.3. The zero-order valence-corrected chi connectivity index (χ0v) is 14.8. The summed E-state index contributed by atoms with van der Waals surface area (Å²) in [6.45, 7) is 3.45. The van der Waals surface area contributed by atoms with Crippen molar-refractivity contribution in [3.05, 3.63) is 46.8 Å². The summed E-state index contributed by atoms with van der Waals surface area (Å²) in [7, 11) is 0. The Hall–Kier alpha value is -2.72. The van der Waals surface area contributed by atoms with Crippen molar-refractivity contribution in [3.63, 3.8) is 0 Å². The normalized spacial score (nSPS) is 10.1. The van der Waals surface area contributed by atoms with Crippen molar-refractivity contribution in [2.75, 3.05) is 13.2 Å². The molecular weight excluding hydrogens is 340 g/mol. The summed E-state index contributed by atoms with van der Waals surface area (Å²) >= 11 is 1.48. The Morgan fingerprint density at radius 2 is 2.12 bits per heavy atom. The van der Waals surface area contributed by atoms with Crippen LogP contribution in [-0.4, -0.2) is 30.2 Å². The molecule has 0 spiro atoms. The molecule has 2 rings (SSSR count). The van der Waals surface area contributed by atoms with Crippen LogP contribution in [0.25, 0.3) is 0 Å². The number of amides is 1. The first kappa shape index (κ1) is 18.6. The van der Waals surface area contributed by atoms with Gasteiger partial charge in [0.05, 0.1) is 17.8 Å². The largest absolute Gasteiger partial charge is 0.452 e. The number of hydrogen-bond acceptors (Lipinski definition) is 6. The number of aromatic nitrogens is 1. The Morgan fingerprint density at radius 1 is 1.36 bits per heavy atom. The molecule has 1 N–H and O–H groups in total. The molecule has 7 heteroatoms. The van der Waals surface area contributed by atoms with E-state index in [2.05, 4.69) is 16.4 Å². The third kappa shape index (κ3) is 5.13. The smallest absolute Gasteiger partial charge is 0.339 e. The zero-order valence-electron chi connectivity index (χ0n) is 14.0. The van der Waals surface area contributed by atoms with E-state index >= 15 is 0 Å². The molecule has 1 aromatic heterocycles. The molecule has 0 aliphatic rings. The van der Waals surface area contributed by atoms with E-state index in [0.717, 1.165) is 21.9 Å². The van der Waals surface area contributed by atoms with Gasteiger partial charge in [0, 0.05) is 16.2 Å². The average molecular weight is 358 g/mol. The van der Waals surface area contributed by atoms with Gasteiger partial charge >= 0.3 is 5.97 Å². The van der Waals surface area contributed by atoms with Crippen molar-refractivity contribution in [1.82, 2.24) is 10.5 Å². The Balaban J connectivity index is 2.01. The quantitative estimate of drug-likeness (QED) is 0.465. The highest BCUT2D eigenvalue weighted by molar-refractivity contribution is 7.98. The molecule has 130 valence electrons. The summed E-state index contributed by atoms with van der Waals surface area (Å²) in [5.74, 6) is 2.66. The van der Waals surface area contributed by atoms with Crippen LogP contribution in [0.4, 0.5) is 0 Å². The van der Waals surface area contributed by atoms with Gasteiger partial charge in [0.15, 0.2) is 6.61 Å². The van der Waals surface area contributed by atoms with Gasteiger partial charge in [-0.2, -0.15) is 0 Å². The molecule has 2 aromatic rings. The molecule has 0 aliphatic carbocycles. The molecule has 0 bridgehead atoms. The Bertz CT molecular complexity index is 788. The van der Waals surface area contributed by atoms with E-state index in [1.165, 1.54) is 11.8 Å². The standard InChI is InChI=1S/C18H18N2O4S/c1-4-9-19-17(21)10-23-18(22)14-7-5-6-8-16(14)25-11-15-12(2)20-24-13(15)3/h1,5-8H,9-11H2,2-3H3,(H,19,21). The summed E-state index contributed by atoms with van der Waals surface area (Å²) < 4.78 is 10.2. The predicted molar refractivity (Wildman–Crippen MR) is 94.1 cm³/mol. The summed E-state index contributed by atoms with van der Waals surface area (Å²) in [5.41, 5.74) is 2.24. The van der Waals surface area contributed by atoms with Crippen LogP contribution < -0.4 is 5.32 Å². The number of terminal acetylenes is 1. The first-order chi connectivity index (χ1) is 12.0. The third-order valence-electron chi connectivity index (χ3n) is 3.38. The fraction of sp³-hybridized carbons (Fsp3) is 0.278. The van der Waals surface area contributed by atoms with E-state index in [1.807, 2.05) is 26.0 Å². The minimum atomic E-state index is -0.558. The Labute approximate surface area is 150 Å². The van der Waals surface area contributed by atoms with Crippen LogP contribution in [-0.2, 0) is 15.3 Å². The minimum Gasteiger partial charge on any atom is -0.452 e. The zero-order chi connectivity index (χ0) is 18.2. The van der Waals surface area contributed by atoms with Gasteiger partial charge in [0.2, 0.25) is 0 Å². The van der Waals surface area contributed by atoms with Crippen LogP contribution in [0.15, 0.2) is 33.7 Å². The highest BCUT2D eigenvalue weighted by Gasteiger charge is 2.16. The first-order valence-electron chi connectivity index (χ1n) is 7.53. The second-order valence-corrected chi connectivity index (χ2v) is 6.16. The van der Waals surface area contributed by atoms with Gasteiger partial charge in [-0.1, -0.05) is 23.2 Å². The molecule has 1 heterocycles. The van der Waals surface area contributed by atoms with Gasteiger partial charge < -0.3 is 14.6 Å². The van der Waals surface area contributed by atoms with E-state index in [1.54, 1.807) is 12.1 Å². The molecule has 1 aromatic carbocycles. The van der Waals surface area contributed by atoms with Gasteiger partial charge in [-0.15, -0.1) is 18.2 Å². The maximum Gasteiger partial charge on any atom is 0.339 e. The van der Waals surface area contributed by atoms with Crippen molar-refractivity contribution in [2.45, 2.75) is 24.5 Å². The van der Waals surface area contributed by atoms with Crippen LogP contribution in [0.3, 0.4) is 0 Å². The number of nitrogens with one attached hydrogen (secondary N) is 1. The summed E-state index contributed by atoms with van der Waals surface area (Å²) in [4.78, 5) is 24.5. The van der Waals surface area contributed by atoms with Gasteiger partial charge in [0.25, 0.3) is 5.91 Å². The van der Waals surface area contributed by atoms with Crippen molar-refractivity contribution < 1.29 is 18.8 Å². The van der Waals surface area contributed by atoms with Crippen LogP contribution in [0.5, 0.6) is 0 Å². The van der Waals surface area contributed by atoms with Crippen molar-refractivity contribution >= 4 is 23.6 Å². The molecule has 0 saturated carbocycles. The van der Waals surface area contributed by atoms with E-state index in [4.69, 9.17) is 15.7 Å². The topological polar surface area (TPSA) is 81.4 Å². The lowest BCUT2D eigenvalue weighted by Crippen LogP contribution is -2.29. The number of benzene rings is 1. The Kier molecular flexibility index (Phi) is 6.66. The highest BCUT2D eigenvalue weighted by Crippen LogP contribution is 2.29. The molecule has 6 nitrogen and oxygen atoms in total. The van der Waals surface area contributed by atoms with Crippen molar-refractivity contribution in [3.8, 4) is 12.3 Å². The van der Waals surface area contributed by atoms with Gasteiger partial charge in [-0.05, 0) is 26.0 Å². The van der Waals surface area contributed by atoms with E-state index in [-0.39, 0.29) is 13.2 Å². The highest BCUT2D eigenvalue weighted by atomic mass is 32.2. The molecule has 0 unspecified atom stereocenters. The fourth-order valence-corrected chi connectivity index (χ4v) is 3.22. The van der Waals surface area contributed by atoms with Gasteiger partial charge in [0.1, 0.15) is 5.76 Å². The summed E-state index contributed by atoms with van der Waals surface area (Å²) in [6, 6.07) is 7.08. The lowest BCUT2D eigenvalue weighted by molar-refractivity contribution is -0.123. The van der Waals surface area contributed by atoms with E-state index < -0.39 is 11.9 Å². The fourth-order valence-electron chi connectivity index (χ4n) is 2.03. The molecule has 0 aliphatic heterocycles. The second-order valence-electron chi connectivity index (χ2n) is 5.14. The number of carbonyl (C=O) groups is 2. The molecule has 0 fully saturated rings. The Morgan fingerprint density at radius 3 is 2.80 bits per heavy atom. The molecule has 0 saturated heterocycles. The van der Waals surface area contributed by atoms with Crippen molar-refractivity contribution in [2.24, 2.45) is 0 Å².